The van der Waals surface area contributed by atoms with Crippen molar-refractivity contribution >= 4 is 17.2 Å². The average Bonchev–Trinajstić information content (AvgIpc) is 2.85. The van der Waals surface area contributed by atoms with Gasteiger partial charge < -0.3 is 10.0 Å². The minimum absolute atomic E-state index is 0.0824. The van der Waals surface area contributed by atoms with Crippen LogP contribution in [0.4, 0.5) is 0 Å². The zero-order valence-corrected chi connectivity index (χ0v) is 11.0. The van der Waals surface area contributed by atoms with Crippen molar-refractivity contribution in [3.8, 4) is 17.9 Å². The summed E-state index contributed by atoms with van der Waals surface area (Å²) in [5.74, 6) is 5.23. The number of carbonyl (C=O) groups excluding carboxylic acids is 1. The van der Waals surface area contributed by atoms with Crippen LogP contribution in [-0.2, 0) is 0 Å². The molecule has 0 bridgehead atoms. The average molecular weight is 262 g/mol. The molecule has 0 aliphatic rings. The number of aliphatic hydroxyl groups is 1. The summed E-state index contributed by atoms with van der Waals surface area (Å²) in [7, 11) is 0. The number of hydrogen-bond donors (Lipinski definition) is 1. The van der Waals surface area contributed by atoms with Crippen LogP contribution in [0.1, 0.15) is 28.6 Å². The van der Waals surface area contributed by atoms with Crippen LogP contribution in [-0.4, -0.2) is 35.6 Å². The second kappa shape index (κ2) is 7.50. The van der Waals surface area contributed by atoms with E-state index in [1.807, 2.05) is 13.0 Å². The molecular formula is C13H14N2O2S. The van der Waals surface area contributed by atoms with Gasteiger partial charge in [0.2, 0.25) is 0 Å². The molecule has 0 aliphatic heterocycles. The first-order valence-corrected chi connectivity index (χ1v) is 6.45. The van der Waals surface area contributed by atoms with Gasteiger partial charge >= 0.3 is 0 Å². The molecule has 5 heteroatoms. The Morgan fingerprint density at radius 3 is 3.00 bits per heavy atom. The molecule has 0 saturated carbocycles. The van der Waals surface area contributed by atoms with E-state index in [-0.39, 0.29) is 12.5 Å². The van der Waals surface area contributed by atoms with Crippen LogP contribution >= 0.6 is 11.3 Å². The summed E-state index contributed by atoms with van der Waals surface area (Å²) >= 11 is 1.37. The highest BCUT2D eigenvalue weighted by molar-refractivity contribution is 7.10. The maximum absolute atomic E-state index is 12.1. The van der Waals surface area contributed by atoms with Gasteiger partial charge in [0.25, 0.3) is 5.91 Å². The minimum atomic E-state index is -0.190. The van der Waals surface area contributed by atoms with E-state index in [0.717, 1.165) is 4.88 Å². The highest BCUT2D eigenvalue weighted by atomic mass is 32.1. The van der Waals surface area contributed by atoms with Gasteiger partial charge in [-0.15, -0.1) is 11.3 Å². The number of carbonyl (C=O) groups is 1. The van der Waals surface area contributed by atoms with Gasteiger partial charge in [-0.2, -0.15) is 5.26 Å². The lowest BCUT2D eigenvalue weighted by Gasteiger charge is -2.18. The molecule has 0 spiro atoms. The van der Waals surface area contributed by atoms with Crippen LogP contribution in [0.2, 0.25) is 0 Å². The molecule has 0 saturated heterocycles. The van der Waals surface area contributed by atoms with Crippen LogP contribution in [0.5, 0.6) is 0 Å². The van der Waals surface area contributed by atoms with Crippen molar-refractivity contribution < 1.29 is 9.90 Å². The van der Waals surface area contributed by atoms with Gasteiger partial charge in [0.1, 0.15) is 6.61 Å². The summed E-state index contributed by atoms with van der Waals surface area (Å²) < 4.78 is 0. The number of nitriles is 1. The fraction of sp³-hybridized carbons (Fsp3) is 0.385. The lowest BCUT2D eigenvalue weighted by Crippen LogP contribution is -2.31. The van der Waals surface area contributed by atoms with Crippen LogP contribution in [0.3, 0.4) is 0 Å². The molecule has 1 N–H and O–H groups in total. The second-order valence-electron chi connectivity index (χ2n) is 3.45. The predicted octanol–water partition coefficient (Wildman–Crippen LogP) is 1.47. The molecule has 18 heavy (non-hydrogen) atoms. The van der Waals surface area contributed by atoms with E-state index in [9.17, 15) is 4.79 Å². The highest BCUT2D eigenvalue weighted by Crippen LogP contribution is 2.15. The van der Waals surface area contributed by atoms with Gasteiger partial charge in [-0.3, -0.25) is 4.79 Å². The van der Waals surface area contributed by atoms with E-state index in [4.69, 9.17) is 10.4 Å². The number of thiophene rings is 1. The van der Waals surface area contributed by atoms with Gasteiger partial charge in [0.05, 0.1) is 22.9 Å². The van der Waals surface area contributed by atoms with Gasteiger partial charge in [0, 0.05) is 18.5 Å². The van der Waals surface area contributed by atoms with Crippen molar-refractivity contribution in [3.63, 3.8) is 0 Å². The Morgan fingerprint density at radius 2 is 2.39 bits per heavy atom. The first-order valence-electron chi connectivity index (χ1n) is 5.57. The molecule has 1 rings (SSSR count). The fourth-order valence-electron chi connectivity index (χ4n) is 1.41. The summed E-state index contributed by atoms with van der Waals surface area (Å²) in [4.78, 5) is 14.5. The van der Waals surface area contributed by atoms with Crippen molar-refractivity contribution in [3.05, 3.63) is 21.9 Å². The van der Waals surface area contributed by atoms with E-state index in [1.54, 1.807) is 16.3 Å². The molecule has 0 unspecified atom stereocenters. The Hall–Kier alpha value is -1.82. The number of rotatable bonds is 4. The molecule has 1 amide bonds. The highest BCUT2D eigenvalue weighted by Gasteiger charge is 2.14. The third-order valence-electron chi connectivity index (χ3n) is 2.30. The van der Waals surface area contributed by atoms with Crippen molar-refractivity contribution in [1.29, 1.82) is 5.26 Å². The van der Waals surface area contributed by atoms with Gasteiger partial charge in [-0.05, 0) is 13.0 Å². The van der Waals surface area contributed by atoms with Crippen molar-refractivity contribution in [1.82, 2.24) is 4.90 Å². The molecule has 4 nitrogen and oxygen atoms in total. The molecule has 1 aromatic rings. The predicted molar refractivity (Wildman–Crippen MR) is 70.1 cm³/mol. The molecule has 0 aromatic carbocycles. The Balaban J connectivity index is 2.76. The summed E-state index contributed by atoms with van der Waals surface area (Å²) in [6, 6.07) is 3.74. The zero-order chi connectivity index (χ0) is 13.4. The van der Waals surface area contributed by atoms with E-state index in [0.29, 0.717) is 25.1 Å². The maximum Gasteiger partial charge on any atom is 0.254 e. The maximum atomic E-state index is 12.1. The molecule has 1 heterocycles. The molecule has 0 atom stereocenters. The SMILES string of the molecule is CCN(CCC#N)C(=O)c1csc(C#CCO)c1. The van der Waals surface area contributed by atoms with E-state index in [2.05, 4.69) is 11.8 Å². The summed E-state index contributed by atoms with van der Waals surface area (Å²) in [5.41, 5.74) is 0.585. The lowest BCUT2D eigenvalue weighted by atomic mass is 10.2. The van der Waals surface area contributed by atoms with Crippen molar-refractivity contribution in [2.75, 3.05) is 19.7 Å². The van der Waals surface area contributed by atoms with E-state index >= 15 is 0 Å². The minimum Gasteiger partial charge on any atom is -0.384 e. The summed E-state index contributed by atoms with van der Waals surface area (Å²) in [6.45, 7) is 2.71. The number of aliphatic hydroxyl groups excluding tert-OH is 1. The Kier molecular flexibility index (Phi) is 5.93. The Labute approximate surface area is 110 Å². The van der Waals surface area contributed by atoms with Crippen LogP contribution < -0.4 is 0 Å². The topological polar surface area (TPSA) is 64.3 Å². The van der Waals surface area contributed by atoms with E-state index in [1.165, 1.54) is 11.3 Å². The molecule has 1 aromatic heterocycles. The standard InChI is InChI=1S/C13H14N2O2S/c1-2-15(7-4-6-14)13(17)11-9-12(18-10-11)5-3-8-16/h9-10,16H,2,4,7-8H2,1H3. The van der Waals surface area contributed by atoms with Crippen LogP contribution in [0.15, 0.2) is 11.4 Å². The first kappa shape index (κ1) is 14.2. The molecule has 0 fully saturated rings. The van der Waals surface area contributed by atoms with Gasteiger partial charge in [-0.1, -0.05) is 11.8 Å². The number of nitrogens with zero attached hydrogens (tertiary/aromatic N) is 2. The zero-order valence-electron chi connectivity index (χ0n) is 10.1. The molecule has 0 radical (unpaired) electrons. The van der Waals surface area contributed by atoms with Crippen molar-refractivity contribution in [2.24, 2.45) is 0 Å². The summed E-state index contributed by atoms with van der Waals surface area (Å²) in [6.07, 6.45) is 0.334. The second-order valence-corrected chi connectivity index (χ2v) is 4.36. The number of amides is 1. The third-order valence-corrected chi connectivity index (χ3v) is 3.15. The quantitative estimate of drug-likeness (QED) is 0.836. The third kappa shape index (κ3) is 3.89. The fourth-order valence-corrected chi connectivity index (χ4v) is 2.16. The van der Waals surface area contributed by atoms with Crippen LogP contribution in [0.25, 0.3) is 0 Å². The lowest BCUT2D eigenvalue weighted by molar-refractivity contribution is 0.0768. The molecule has 0 aliphatic carbocycles. The van der Waals surface area contributed by atoms with E-state index < -0.39 is 0 Å². The van der Waals surface area contributed by atoms with Crippen molar-refractivity contribution in [2.45, 2.75) is 13.3 Å². The van der Waals surface area contributed by atoms with Crippen LogP contribution in [0, 0.1) is 23.2 Å². The number of hydrogen-bond acceptors (Lipinski definition) is 4. The smallest absolute Gasteiger partial charge is 0.254 e. The molecule has 94 valence electrons. The molecular weight excluding hydrogens is 248 g/mol. The largest absolute Gasteiger partial charge is 0.384 e. The first-order chi connectivity index (χ1) is 8.72. The monoisotopic (exact) mass is 262 g/mol. The van der Waals surface area contributed by atoms with Gasteiger partial charge in [-0.25, -0.2) is 0 Å². The summed E-state index contributed by atoms with van der Waals surface area (Å²) in [5, 5.41) is 18.9. The Morgan fingerprint density at radius 1 is 1.61 bits per heavy atom. The van der Waals surface area contributed by atoms with Gasteiger partial charge in [0.15, 0.2) is 0 Å². The Bertz CT molecular complexity index is 505. The normalized spacial score (nSPS) is 9.17.